The highest BCUT2D eigenvalue weighted by molar-refractivity contribution is 6.35. The van der Waals surface area contributed by atoms with Crippen LogP contribution < -0.4 is 14.2 Å². The van der Waals surface area contributed by atoms with E-state index in [4.69, 9.17) is 42.5 Å². The zero-order chi connectivity index (χ0) is 18.2. The van der Waals surface area contributed by atoms with Crippen LogP contribution in [0.25, 0.3) is 6.08 Å². The van der Waals surface area contributed by atoms with Crippen LogP contribution in [-0.4, -0.2) is 31.4 Å². The van der Waals surface area contributed by atoms with Gasteiger partial charge in [0.1, 0.15) is 30.5 Å². The monoisotopic (exact) mass is 382 g/mol. The quantitative estimate of drug-likeness (QED) is 0.535. The highest BCUT2D eigenvalue weighted by atomic mass is 35.5. The molecule has 5 nitrogen and oxygen atoms in total. The average molecular weight is 383 g/mol. The van der Waals surface area contributed by atoms with Crippen molar-refractivity contribution in [2.75, 3.05) is 20.3 Å². The van der Waals surface area contributed by atoms with E-state index in [1.807, 2.05) is 0 Å². The molecule has 0 atom stereocenters. The van der Waals surface area contributed by atoms with Crippen LogP contribution in [0.2, 0.25) is 10.0 Å². The fourth-order valence-corrected chi connectivity index (χ4v) is 2.42. The molecule has 0 bridgehead atoms. The van der Waals surface area contributed by atoms with Crippen molar-refractivity contribution < 1.29 is 24.1 Å². The van der Waals surface area contributed by atoms with Gasteiger partial charge in [0, 0.05) is 22.7 Å². The van der Waals surface area contributed by atoms with Crippen LogP contribution in [0.3, 0.4) is 0 Å². The number of halogens is 2. The summed E-state index contributed by atoms with van der Waals surface area (Å²) in [6.45, 7) is 0.487. The van der Waals surface area contributed by atoms with Crippen LogP contribution in [0.15, 0.2) is 42.5 Å². The van der Waals surface area contributed by atoms with Gasteiger partial charge in [0.15, 0.2) is 0 Å². The smallest absolute Gasteiger partial charge is 0.328 e. The molecule has 0 radical (unpaired) electrons. The topological polar surface area (TPSA) is 65.0 Å². The number of rotatable bonds is 8. The van der Waals surface area contributed by atoms with Gasteiger partial charge in [-0.15, -0.1) is 0 Å². The Balaban J connectivity index is 1.99. The van der Waals surface area contributed by atoms with E-state index in [1.54, 1.807) is 36.4 Å². The third-order valence-electron chi connectivity index (χ3n) is 3.12. The molecule has 25 heavy (non-hydrogen) atoms. The molecule has 0 saturated carbocycles. The molecular weight excluding hydrogens is 367 g/mol. The molecule has 0 aromatic heterocycles. The molecule has 2 rings (SSSR count). The van der Waals surface area contributed by atoms with Crippen molar-refractivity contribution in [3.05, 3.63) is 58.1 Å². The van der Waals surface area contributed by atoms with E-state index in [1.165, 1.54) is 13.2 Å². The van der Waals surface area contributed by atoms with Crippen molar-refractivity contribution in [3.8, 4) is 17.2 Å². The fraction of sp³-hybridized carbons (Fsp3) is 0.167. The van der Waals surface area contributed by atoms with Gasteiger partial charge < -0.3 is 19.3 Å². The normalized spacial score (nSPS) is 10.7. The number of benzene rings is 2. The standard InChI is InChI=1S/C18H16Cl2O5/c1-23-14-5-2-12(3-7-18(21)22)17(11-14)25-9-8-24-16-6-4-13(19)10-15(16)20/h2-7,10-11H,8-9H2,1H3,(H,21,22). The Morgan fingerprint density at radius 2 is 1.80 bits per heavy atom. The Labute approximate surface area is 155 Å². The van der Waals surface area contributed by atoms with E-state index in [0.717, 1.165) is 6.08 Å². The van der Waals surface area contributed by atoms with Crippen molar-refractivity contribution in [2.24, 2.45) is 0 Å². The first-order valence-corrected chi connectivity index (χ1v) is 8.05. The molecular formula is C18H16Cl2O5. The molecule has 0 spiro atoms. The minimum Gasteiger partial charge on any atom is -0.497 e. The third kappa shape index (κ3) is 5.89. The predicted octanol–water partition coefficient (Wildman–Crippen LogP) is 4.56. The van der Waals surface area contributed by atoms with Gasteiger partial charge in [0.25, 0.3) is 0 Å². The molecule has 0 aliphatic rings. The van der Waals surface area contributed by atoms with Gasteiger partial charge in [0.05, 0.1) is 12.1 Å². The summed E-state index contributed by atoms with van der Waals surface area (Å²) in [4.78, 5) is 10.7. The van der Waals surface area contributed by atoms with Gasteiger partial charge in [0.2, 0.25) is 0 Å². The maximum absolute atomic E-state index is 10.7. The lowest BCUT2D eigenvalue weighted by molar-refractivity contribution is -0.131. The Kier molecular flexibility index (Phi) is 6.98. The molecule has 0 saturated heterocycles. The number of methoxy groups -OCH3 is 1. The number of carboxylic acids is 1. The summed E-state index contributed by atoms with van der Waals surface area (Å²) < 4.78 is 16.4. The van der Waals surface area contributed by atoms with Crippen molar-refractivity contribution in [1.82, 2.24) is 0 Å². The fourth-order valence-electron chi connectivity index (χ4n) is 1.96. The van der Waals surface area contributed by atoms with E-state index in [-0.39, 0.29) is 13.2 Å². The Bertz CT molecular complexity index is 774. The Morgan fingerprint density at radius 3 is 2.44 bits per heavy atom. The van der Waals surface area contributed by atoms with Crippen molar-refractivity contribution in [3.63, 3.8) is 0 Å². The predicted molar refractivity (Wildman–Crippen MR) is 97.1 cm³/mol. The average Bonchev–Trinajstić information content (AvgIpc) is 2.58. The Morgan fingerprint density at radius 1 is 1.08 bits per heavy atom. The Hall–Kier alpha value is -2.37. The molecule has 1 N–H and O–H groups in total. The van der Waals surface area contributed by atoms with E-state index >= 15 is 0 Å². The lowest BCUT2D eigenvalue weighted by atomic mass is 10.1. The first kappa shape index (κ1) is 19.0. The second-order valence-corrected chi connectivity index (χ2v) is 5.69. The van der Waals surface area contributed by atoms with E-state index in [9.17, 15) is 4.79 Å². The molecule has 0 amide bonds. The summed E-state index contributed by atoms with van der Waals surface area (Å²) in [6, 6.07) is 10.1. The minimum absolute atomic E-state index is 0.236. The third-order valence-corrected chi connectivity index (χ3v) is 3.65. The number of hydrogen-bond donors (Lipinski definition) is 1. The minimum atomic E-state index is -1.04. The van der Waals surface area contributed by atoms with Crippen LogP contribution in [0.5, 0.6) is 17.2 Å². The molecule has 0 aliphatic carbocycles. The number of carbonyl (C=O) groups is 1. The summed E-state index contributed by atoms with van der Waals surface area (Å²) in [7, 11) is 1.54. The molecule has 0 unspecified atom stereocenters. The molecule has 7 heteroatoms. The van der Waals surface area contributed by atoms with Gasteiger partial charge in [-0.25, -0.2) is 4.79 Å². The summed E-state index contributed by atoms with van der Waals surface area (Å²) in [5, 5.41) is 9.70. The number of hydrogen-bond acceptors (Lipinski definition) is 4. The van der Waals surface area contributed by atoms with Crippen molar-refractivity contribution >= 4 is 35.2 Å². The first-order valence-electron chi connectivity index (χ1n) is 7.29. The number of ether oxygens (including phenoxy) is 3. The maximum atomic E-state index is 10.7. The second-order valence-electron chi connectivity index (χ2n) is 4.85. The lowest BCUT2D eigenvalue weighted by Gasteiger charge is -2.12. The van der Waals surface area contributed by atoms with Crippen LogP contribution in [-0.2, 0) is 4.79 Å². The van der Waals surface area contributed by atoms with E-state index < -0.39 is 5.97 Å². The van der Waals surface area contributed by atoms with Crippen LogP contribution in [0, 0.1) is 0 Å². The molecule has 0 aliphatic heterocycles. The summed E-state index contributed by atoms with van der Waals surface area (Å²) in [5.74, 6) is 0.556. The van der Waals surface area contributed by atoms with Crippen LogP contribution >= 0.6 is 23.2 Å². The van der Waals surface area contributed by atoms with Gasteiger partial charge in [-0.3, -0.25) is 0 Å². The summed E-state index contributed by atoms with van der Waals surface area (Å²) in [5.41, 5.74) is 0.618. The number of aliphatic carboxylic acids is 1. The first-order chi connectivity index (χ1) is 12.0. The van der Waals surface area contributed by atoms with Gasteiger partial charge in [-0.05, 0) is 36.4 Å². The van der Waals surface area contributed by atoms with E-state index in [2.05, 4.69) is 0 Å². The van der Waals surface area contributed by atoms with Gasteiger partial charge in [-0.2, -0.15) is 0 Å². The summed E-state index contributed by atoms with van der Waals surface area (Å²) >= 11 is 11.9. The zero-order valence-corrected chi connectivity index (χ0v) is 14.9. The van der Waals surface area contributed by atoms with Gasteiger partial charge >= 0.3 is 5.97 Å². The van der Waals surface area contributed by atoms with Crippen molar-refractivity contribution in [2.45, 2.75) is 0 Å². The molecule has 2 aromatic carbocycles. The van der Waals surface area contributed by atoms with Crippen LogP contribution in [0.4, 0.5) is 0 Å². The van der Waals surface area contributed by atoms with E-state index in [0.29, 0.717) is 32.9 Å². The lowest BCUT2D eigenvalue weighted by Crippen LogP contribution is -2.10. The summed E-state index contributed by atoms with van der Waals surface area (Å²) in [6.07, 6.45) is 2.49. The second kappa shape index (κ2) is 9.20. The maximum Gasteiger partial charge on any atom is 0.328 e. The SMILES string of the molecule is COc1ccc(C=CC(=O)O)c(OCCOc2ccc(Cl)cc2Cl)c1. The highest BCUT2D eigenvalue weighted by Gasteiger charge is 2.06. The van der Waals surface area contributed by atoms with Gasteiger partial charge in [-0.1, -0.05) is 23.2 Å². The molecule has 0 fully saturated rings. The zero-order valence-electron chi connectivity index (χ0n) is 13.4. The number of carboxylic acid groups (broad SMARTS) is 1. The molecule has 132 valence electrons. The molecule has 0 heterocycles. The molecule has 2 aromatic rings. The highest BCUT2D eigenvalue weighted by Crippen LogP contribution is 2.28. The van der Waals surface area contributed by atoms with Crippen LogP contribution in [0.1, 0.15) is 5.56 Å². The largest absolute Gasteiger partial charge is 0.497 e. The van der Waals surface area contributed by atoms with Crippen molar-refractivity contribution in [1.29, 1.82) is 0 Å².